The Morgan fingerprint density at radius 2 is 2.16 bits per heavy atom. The van der Waals surface area contributed by atoms with Crippen molar-refractivity contribution in [1.29, 1.82) is 0 Å². The molecule has 2 atom stereocenters. The number of aryl methyl sites for hydroxylation is 1. The molecule has 0 spiro atoms. The molecule has 1 N–H and O–H groups in total. The highest BCUT2D eigenvalue weighted by Gasteiger charge is 2.27. The third kappa shape index (κ3) is 6.49. The van der Waals surface area contributed by atoms with E-state index in [1.807, 2.05) is 39.0 Å². The number of nitrogens with zero attached hydrogens (tertiary/aromatic N) is 1. The number of halogens is 1. The first-order chi connectivity index (χ1) is 11.5. The van der Waals surface area contributed by atoms with Crippen LogP contribution in [0.25, 0.3) is 0 Å². The van der Waals surface area contributed by atoms with E-state index in [4.69, 9.17) is 9.47 Å². The molecule has 1 aromatic carbocycles. The van der Waals surface area contributed by atoms with Gasteiger partial charge in [-0.15, -0.1) is 12.4 Å². The lowest BCUT2D eigenvalue weighted by Crippen LogP contribution is -2.44. The predicted octanol–water partition coefficient (Wildman–Crippen LogP) is 2.74. The summed E-state index contributed by atoms with van der Waals surface area (Å²) in [6.07, 6.45) is 1.24. The topological polar surface area (TPSA) is 59.0 Å². The lowest BCUT2D eigenvalue weighted by Gasteiger charge is -2.32. The number of aliphatic hydroxyl groups is 1. The van der Waals surface area contributed by atoms with E-state index in [0.29, 0.717) is 19.7 Å². The molecule has 0 aromatic heterocycles. The van der Waals surface area contributed by atoms with Crippen LogP contribution in [0.2, 0.25) is 0 Å². The van der Waals surface area contributed by atoms with Crippen LogP contribution in [0, 0.1) is 19.8 Å². The zero-order valence-corrected chi connectivity index (χ0v) is 16.2. The molecule has 0 aliphatic carbocycles. The molecule has 1 aromatic rings. The molecule has 1 heterocycles. The molecule has 1 saturated heterocycles. The summed E-state index contributed by atoms with van der Waals surface area (Å²) in [7, 11) is 0. The van der Waals surface area contributed by atoms with E-state index < -0.39 is 6.10 Å². The summed E-state index contributed by atoms with van der Waals surface area (Å²) in [6.45, 7) is 8.63. The molecule has 1 aliphatic heterocycles. The third-order valence-corrected chi connectivity index (χ3v) is 4.58. The van der Waals surface area contributed by atoms with E-state index in [9.17, 15) is 9.90 Å². The highest BCUT2D eigenvalue weighted by molar-refractivity contribution is 5.85. The van der Waals surface area contributed by atoms with Gasteiger partial charge in [0.15, 0.2) is 0 Å². The van der Waals surface area contributed by atoms with E-state index >= 15 is 0 Å². The molecule has 2 unspecified atom stereocenters. The van der Waals surface area contributed by atoms with Crippen LogP contribution in [-0.2, 0) is 9.53 Å². The summed E-state index contributed by atoms with van der Waals surface area (Å²) >= 11 is 0. The molecular weight excluding hydrogens is 342 g/mol. The summed E-state index contributed by atoms with van der Waals surface area (Å²) in [5.74, 6) is 0.617. The lowest BCUT2D eigenvalue weighted by atomic mass is 9.98. The SMILES string of the molecule is CCOC(=O)C1CCCN(CC(O)COc2cccc(C)c2C)C1.Cl. The van der Waals surface area contributed by atoms with Gasteiger partial charge in [-0.1, -0.05) is 12.1 Å². The average molecular weight is 372 g/mol. The Hall–Kier alpha value is -1.30. The average Bonchev–Trinajstić information content (AvgIpc) is 2.56. The van der Waals surface area contributed by atoms with Crippen LogP contribution in [0.1, 0.15) is 30.9 Å². The number of esters is 1. The summed E-state index contributed by atoms with van der Waals surface area (Å²) in [4.78, 5) is 14.0. The van der Waals surface area contributed by atoms with E-state index in [-0.39, 0.29) is 30.9 Å². The molecule has 1 aliphatic rings. The summed E-state index contributed by atoms with van der Waals surface area (Å²) in [5, 5.41) is 10.3. The quantitative estimate of drug-likeness (QED) is 0.747. The van der Waals surface area contributed by atoms with Crippen LogP contribution in [0.15, 0.2) is 18.2 Å². The standard InChI is InChI=1S/C19H29NO4.ClH/c1-4-23-19(22)16-8-6-10-20(11-16)12-17(21)13-24-18-9-5-7-14(2)15(18)3;/h5,7,9,16-17,21H,4,6,8,10-13H2,1-3H3;1H. The van der Waals surface area contributed by atoms with Gasteiger partial charge in [-0.3, -0.25) is 9.69 Å². The number of carbonyl (C=O) groups excluding carboxylic acids is 1. The van der Waals surface area contributed by atoms with E-state index in [1.54, 1.807) is 0 Å². The fourth-order valence-electron chi connectivity index (χ4n) is 3.09. The molecule has 142 valence electrons. The number of β-amino-alcohol motifs (C(OH)–C–C–N with tert-alkyl or cyclic N) is 1. The maximum Gasteiger partial charge on any atom is 0.310 e. The number of ether oxygens (including phenoxy) is 2. The van der Waals surface area contributed by atoms with Gasteiger partial charge in [-0.25, -0.2) is 0 Å². The number of rotatable bonds is 7. The van der Waals surface area contributed by atoms with Gasteiger partial charge in [-0.2, -0.15) is 0 Å². The van der Waals surface area contributed by atoms with Crippen LogP contribution in [0.4, 0.5) is 0 Å². The number of benzene rings is 1. The van der Waals surface area contributed by atoms with Crippen molar-refractivity contribution in [1.82, 2.24) is 4.90 Å². The first kappa shape index (κ1) is 21.7. The second-order valence-corrected chi connectivity index (χ2v) is 6.51. The second kappa shape index (κ2) is 10.6. The van der Waals surface area contributed by atoms with Crippen molar-refractivity contribution >= 4 is 18.4 Å². The van der Waals surface area contributed by atoms with Gasteiger partial charge >= 0.3 is 5.97 Å². The predicted molar refractivity (Wildman–Crippen MR) is 100 cm³/mol. The summed E-state index contributed by atoms with van der Waals surface area (Å²) < 4.78 is 10.9. The van der Waals surface area contributed by atoms with E-state index in [0.717, 1.165) is 30.7 Å². The zero-order chi connectivity index (χ0) is 17.5. The van der Waals surface area contributed by atoms with Crippen LogP contribution in [0.5, 0.6) is 5.75 Å². The smallest absolute Gasteiger partial charge is 0.310 e. The van der Waals surface area contributed by atoms with Crippen molar-refractivity contribution in [2.75, 3.05) is 32.8 Å². The van der Waals surface area contributed by atoms with Crippen molar-refractivity contribution in [2.24, 2.45) is 5.92 Å². The Bertz CT molecular complexity index is 552. The number of hydrogen-bond acceptors (Lipinski definition) is 5. The maximum absolute atomic E-state index is 11.9. The van der Waals surface area contributed by atoms with Gasteiger partial charge in [0.1, 0.15) is 18.5 Å². The Morgan fingerprint density at radius 3 is 2.88 bits per heavy atom. The van der Waals surface area contributed by atoms with Gasteiger partial charge in [0, 0.05) is 13.1 Å². The van der Waals surface area contributed by atoms with Gasteiger partial charge in [0.25, 0.3) is 0 Å². The largest absolute Gasteiger partial charge is 0.491 e. The molecule has 0 radical (unpaired) electrons. The van der Waals surface area contributed by atoms with Crippen molar-refractivity contribution in [3.05, 3.63) is 29.3 Å². The van der Waals surface area contributed by atoms with Crippen LogP contribution >= 0.6 is 12.4 Å². The lowest BCUT2D eigenvalue weighted by molar-refractivity contribution is -0.150. The van der Waals surface area contributed by atoms with E-state index in [2.05, 4.69) is 4.90 Å². The fraction of sp³-hybridized carbons (Fsp3) is 0.632. The molecular formula is C19H30ClNO4. The normalized spacial score (nSPS) is 19.0. The number of piperidine rings is 1. The number of aliphatic hydroxyl groups excluding tert-OH is 1. The molecule has 2 rings (SSSR count). The Morgan fingerprint density at radius 1 is 1.40 bits per heavy atom. The van der Waals surface area contributed by atoms with Crippen LogP contribution in [0.3, 0.4) is 0 Å². The molecule has 0 bridgehead atoms. The molecule has 1 fully saturated rings. The zero-order valence-electron chi connectivity index (χ0n) is 15.4. The minimum absolute atomic E-state index is 0. The molecule has 0 amide bonds. The Balaban J connectivity index is 0.00000312. The first-order valence-electron chi connectivity index (χ1n) is 8.77. The van der Waals surface area contributed by atoms with Crippen molar-refractivity contribution in [3.8, 4) is 5.75 Å². The van der Waals surface area contributed by atoms with Crippen LogP contribution in [-0.4, -0.2) is 54.9 Å². The Kier molecular flexibility index (Phi) is 9.25. The number of hydrogen-bond donors (Lipinski definition) is 1. The fourth-order valence-corrected chi connectivity index (χ4v) is 3.09. The maximum atomic E-state index is 11.9. The minimum Gasteiger partial charge on any atom is -0.491 e. The number of carbonyl (C=O) groups is 1. The second-order valence-electron chi connectivity index (χ2n) is 6.51. The van der Waals surface area contributed by atoms with Gasteiger partial charge in [0.05, 0.1) is 12.5 Å². The number of likely N-dealkylation sites (tertiary alicyclic amines) is 1. The Labute approximate surface area is 156 Å². The summed E-state index contributed by atoms with van der Waals surface area (Å²) in [5.41, 5.74) is 2.28. The highest BCUT2D eigenvalue weighted by Crippen LogP contribution is 2.21. The monoisotopic (exact) mass is 371 g/mol. The third-order valence-electron chi connectivity index (χ3n) is 4.58. The van der Waals surface area contributed by atoms with Crippen LogP contribution < -0.4 is 4.74 Å². The first-order valence-corrected chi connectivity index (χ1v) is 8.77. The highest BCUT2D eigenvalue weighted by atomic mass is 35.5. The molecule has 6 heteroatoms. The molecule has 0 saturated carbocycles. The van der Waals surface area contributed by atoms with Gasteiger partial charge < -0.3 is 14.6 Å². The molecule has 25 heavy (non-hydrogen) atoms. The van der Waals surface area contributed by atoms with Gasteiger partial charge in [-0.05, 0) is 57.4 Å². The van der Waals surface area contributed by atoms with E-state index in [1.165, 1.54) is 5.56 Å². The minimum atomic E-state index is -0.578. The van der Waals surface area contributed by atoms with Gasteiger partial charge in [0.2, 0.25) is 0 Å². The molecule has 5 nitrogen and oxygen atoms in total. The van der Waals surface area contributed by atoms with Crippen molar-refractivity contribution in [2.45, 2.75) is 39.7 Å². The summed E-state index contributed by atoms with van der Waals surface area (Å²) in [6, 6.07) is 5.92. The van der Waals surface area contributed by atoms with Crippen molar-refractivity contribution < 1.29 is 19.4 Å². The van der Waals surface area contributed by atoms with Crippen molar-refractivity contribution in [3.63, 3.8) is 0 Å².